The van der Waals surface area contributed by atoms with Gasteiger partial charge in [0.05, 0.1) is 12.0 Å². The third kappa shape index (κ3) is 3.11. The minimum Gasteiger partial charge on any atom is -0.319 e. The fourth-order valence-electron chi connectivity index (χ4n) is 3.15. The zero-order valence-electron chi connectivity index (χ0n) is 14.0. The second-order valence-electron chi connectivity index (χ2n) is 6.31. The maximum absolute atomic E-state index is 13.2. The van der Waals surface area contributed by atoms with Crippen molar-refractivity contribution < 1.29 is 9.59 Å². The molecule has 2 aromatic rings. The molecule has 0 aromatic heterocycles. The highest BCUT2D eigenvalue weighted by molar-refractivity contribution is 6.07. The topological polar surface area (TPSA) is 73.2 Å². The van der Waals surface area contributed by atoms with Gasteiger partial charge in [0.1, 0.15) is 0 Å². The van der Waals surface area contributed by atoms with Crippen LogP contribution in [-0.4, -0.2) is 23.4 Å². The van der Waals surface area contributed by atoms with Crippen molar-refractivity contribution in [1.82, 2.24) is 10.2 Å². The first-order valence-electron chi connectivity index (χ1n) is 8.20. The molecule has 25 heavy (non-hydrogen) atoms. The molecule has 0 spiro atoms. The highest BCUT2D eigenvalue weighted by Gasteiger charge is 2.52. The van der Waals surface area contributed by atoms with Crippen LogP contribution in [0.25, 0.3) is 0 Å². The zero-order valence-corrected chi connectivity index (χ0v) is 14.0. The van der Waals surface area contributed by atoms with E-state index in [9.17, 15) is 9.59 Å². The second-order valence-corrected chi connectivity index (χ2v) is 6.31. The molecule has 1 aliphatic rings. The van der Waals surface area contributed by atoms with Crippen LogP contribution in [0, 0.1) is 17.2 Å². The molecule has 1 fully saturated rings. The first-order chi connectivity index (χ1) is 12.1. The number of nitrogens with zero attached hydrogens (tertiary/aromatic N) is 2. The molecule has 0 unspecified atom stereocenters. The summed E-state index contributed by atoms with van der Waals surface area (Å²) in [7, 11) is 0. The molecule has 0 radical (unpaired) electrons. The molecule has 2 aromatic carbocycles. The van der Waals surface area contributed by atoms with Crippen molar-refractivity contribution in [3.8, 4) is 6.07 Å². The molecule has 5 heteroatoms. The van der Waals surface area contributed by atoms with Gasteiger partial charge in [0.2, 0.25) is 0 Å². The molecule has 2 atom stereocenters. The van der Waals surface area contributed by atoms with Gasteiger partial charge < -0.3 is 5.32 Å². The van der Waals surface area contributed by atoms with Gasteiger partial charge in [0.15, 0.2) is 5.54 Å². The van der Waals surface area contributed by atoms with Crippen molar-refractivity contribution in [3.05, 3.63) is 71.8 Å². The summed E-state index contributed by atoms with van der Waals surface area (Å²) >= 11 is 0. The van der Waals surface area contributed by atoms with Crippen molar-refractivity contribution in [2.75, 3.05) is 6.54 Å². The van der Waals surface area contributed by atoms with Gasteiger partial charge in [0.25, 0.3) is 5.91 Å². The molecular weight excluding hydrogens is 314 g/mol. The first-order valence-corrected chi connectivity index (χ1v) is 8.20. The Balaban J connectivity index is 2.02. The molecule has 1 N–H and O–H groups in total. The molecule has 3 rings (SSSR count). The van der Waals surface area contributed by atoms with E-state index in [-0.39, 0.29) is 12.5 Å². The van der Waals surface area contributed by atoms with Gasteiger partial charge in [-0.1, -0.05) is 60.7 Å². The van der Waals surface area contributed by atoms with E-state index in [1.165, 1.54) is 0 Å². The summed E-state index contributed by atoms with van der Waals surface area (Å²) in [6, 6.07) is 20.5. The Morgan fingerprint density at radius 2 is 1.68 bits per heavy atom. The third-order valence-electron chi connectivity index (χ3n) is 4.43. The van der Waals surface area contributed by atoms with Gasteiger partial charge in [-0.3, -0.25) is 9.69 Å². The number of benzene rings is 2. The predicted molar refractivity (Wildman–Crippen MR) is 93.3 cm³/mol. The number of rotatable bonds is 5. The molecule has 3 amide bonds. The van der Waals surface area contributed by atoms with Gasteiger partial charge in [0, 0.05) is 13.0 Å². The van der Waals surface area contributed by atoms with Gasteiger partial charge >= 0.3 is 6.03 Å². The van der Waals surface area contributed by atoms with Gasteiger partial charge in [-0.2, -0.15) is 5.26 Å². The Morgan fingerprint density at radius 1 is 1.08 bits per heavy atom. The number of imide groups is 1. The van der Waals surface area contributed by atoms with Crippen LogP contribution in [0.15, 0.2) is 60.7 Å². The SMILES string of the molecule is C[C@H](C#N)CN1C(=O)N[C@](Cc2ccccc2)(c2ccccc2)C1=O. The standard InChI is InChI=1S/C20H19N3O2/c1-15(13-21)14-23-18(24)20(22-19(23)25,17-10-6-3-7-11-17)12-16-8-4-2-5-9-16/h2-11,15H,12,14H2,1H3,(H,22,25)/t15-,20-/m1/s1. The van der Waals surface area contributed by atoms with Crippen LogP contribution < -0.4 is 5.32 Å². The maximum atomic E-state index is 13.2. The Morgan fingerprint density at radius 3 is 2.28 bits per heavy atom. The molecule has 1 aliphatic heterocycles. The zero-order chi connectivity index (χ0) is 17.9. The molecule has 126 valence electrons. The minimum atomic E-state index is -1.14. The second kappa shape index (κ2) is 6.78. The number of nitrogens with one attached hydrogen (secondary N) is 1. The Bertz CT molecular complexity index is 814. The van der Waals surface area contributed by atoms with Gasteiger partial charge in [-0.05, 0) is 18.1 Å². The van der Waals surface area contributed by atoms with Crippen molar-refractivity contribution >= 4 is 11.9 Å². The Labute approximate surface area is 146 Å². The van der Waals surface area contributed by atoms with Crippen LogP contribution in [0.1, 0.15) is 18.1 Å². The first kappa shape index (κ1) is 16.7. The summed E-state index contributed by atoms with van der Waals surface area (Å²) in [5.74, 6) is -0.729. The average Bonchev–Trinajstić information content (AvgIpc) is 2.88. The molecule has 0 saturated carbocycles. The number of amides is 3. The van der Waals surface area contributed by atoms with Crippen LogP contribution in [0.4, 0.5) is 4.79 Å². The summed E-state index contributed by atoms with van der Waals surface area (Å²) < 4.78 is 0. The fraction of sp³-hybridized carbons (Fsp3) is 0.250. The summed E-state index contributed by atoms with van der Waals surface area (Å²) in [5.41, 5.74) is 0.550. The number of carbonyl (C=O) groups is 2. The van der Waals surface area contributed by atoms with Crippen LogP contribution in [0.5, 0.6) is 0 Å². The van der Waals surface area contributed by atoms with E-state index in [1.807, 2.05) is 60.7 Å². The van der Waals surface area contributed by atoms with Gasteiger partial charge in [-0.15, -0.1) is 0 Å². The minimum absolute atomic E-state index is 0.0878. The lowest BCUT2D eigenvalue weighted by Crippen LogP contribution is -2.46. The number of carbonyl (C=O) groups excluding carboxylic acids is 2. The van der Waals surface area contributed by atoms with Crippen molar-refractivity contribution in [1.29, 1.82) is 5.26 Å². The van der Waals surface area contributed by atoms with Gasteiger partial charge in [-0.25, -0.2) is 4.79 Å². The lowest BCUT2D eigenvalue weighted by Gasteiger charge is -2.27. The number of hydrogen-bond donors (Lipinski definition) is 1. The molecule has 5 nitrogen and oxygen atoms in total. The third-order valence-corrected chi connectivity index (χ3v) is 4.43. The highest BCUT2D eigenvalue weighted by Crippen LogP contribution is 2.33. The van der Waals surface area contributed by atoms with Crippen LogP contribution >= 0.6 is 0 Å². The normalized spacial score (nSPS) is 20.9. The monoisotopic (exact) mass is 333 g/mol. The summed E-state index contributed by atoms with van der Waals surface area (Å²) in [6.45, 7) is 1.78. The average molecular weight is 333 g/mol. The van der Waals surface area contributed by atoms with Crippen LogP contribution in [-0.2, 0) is 16.8 Å². The Hall–Kier alpha value is -3.13. The van der Waals surface area contributed by atoms with E-state index in [0.29, 0.717) is 6.42 Å². The largest absolute Gasteiger partial charge is 0.325 e. The molecule has 0 aliphatic carbocycles. The molecular formula is C20H19N3O2. The van der Waals surface area contributed by atoms with E-state index < -0.39 is 17.5 Å². The summed E-state index contributed by atoms with van der Waals surface area (Å²) in [4.78, 5) is 26.9. The van der Waals surface area contributed by atoms with Crippen LogP contribution in [0.2, 0.25) is 0 Å². The van der Waals surface area contributed by atoms with E-state index >= 15 is 0 Å². The summed E-state index contributed by atoms with van der Waals surface area (Å²) in [6.07, 6.45) is 0.361. The number of urea groups is 1. The number of hydrogen-bond acceptors (Lipinski definition) is 3. The summed E-state index contributed by atoms with van der Waals surface area (Å²) in [5, 5.41) is 11.9. The smallest absolute Gasteiger partial charge is 0.319 e. The molecule has 1 saturated heterocycles. The quantitative estimate of drug-likeness (QED) is 0.855. The lowest BCUT2D eigenvalue weighted by atomic mass is 9.83. The van der Waals surface area contributed by atoms with Crippen molar-refractivity contribution in [2.45, 2.75) is 18.9 Å². The fourth-order valence-corrected chi connectivity index (χ4v) is 3.15. The maximum Gasteiger partial charge on any atom is 0.325 e. The van der Waals surface area contributed by atoms with E-state index in [2.05, 4.69) is 11.4 Å². The Kier molecular flexibility index (Phi) is 4.53. The van der Waals surface area contributed by atoms with E-state index in [4.69, 9.17) is 5.26 Å². The molecule has 1 heterocycles. The van der Waals surface area contributed by atoms with E-state index in [0.717, 1.165) is 16.0 Å². The lowest BCUT2D eigenvalue weighted by molar-refractivity contribution is -0.131. The highest BCUT2D eigenvalue weighted by atomic mass is 16.2. The van der Waals surface area contributed by atoms with Crippen LogP contribution in [0.3, 0.4) is 0 Å². The van der Waals surface area contributed by atoms with Crippen molar-refractivity contribution in [3.63, 3.8) is 0 Å². The number of nitriles is 1. The predicted octanol–water partition coefficient (Wildman–Crippen LogP) is 2.84. The van der Waals surface area contributed by atoms with E-state index in [1.54, 1.807) is 6.92 Å². The van der Waals surface area contributed by atoms with Crippen molar-refractivity contribution in [2.24, 2.45) is 5.92 Å². The molecule has 0 bridgehead atoms.